The van der Waals surface area contributed by atoms with Gasteiger partial charge in [0, 0.05) is 4.90 Å². The number of thioether (sulfide) groups is 1. The Morgan fingerprint density at radius 2 is 1.88 bits per heavy atom. The lowest BCUT2D eigenvalue weighted by Crippen LogP contribution is -2.37. The van der Waals surface area contributed by atoms with Crippen molar-refractivity contribution in [2.45, 2.75) is 34.4 Å². The molecule has 0 fully saturated rings. The minimum atomic E-state index is -3.26. The summed E-state index contributed by atoms with van der Waals surface area (Å²) in [6.45, 7) is 1.81. The van der Waals surface area contributed by atoms with Gasteiger partial charge in [-0.05, 0) is 37.1 Å². The van der Waals surface area contributed by atoms with E-state index in [2.05, 4.69) is 5.32 Å². The van der Waals surface area contributed by atoms with Crippen LogP contribution in [0.5, 0.6) is 0 Å². The molecule has 25 heavy (non-hydrogen) atoms. The molecule has 2 unspecified atom stereocenters. The predicted octanol–water partition coefficient (Wildman–Crippen LogP) is 3.86. The van der Waals surface area contributed by atoms with Gasteiger partial charge in [-0.25, -0.2) is 8.42 Å². The van der Waals surface area contributed by atoms with E-state index in [9.17, 15) is 13.2 Å². The Bertz CT molecular complexity index is 899. The predicted molar refractivity (Wildman–Crippen MR) is 101 cm³/mol. The molecule has 1 heterocycles. The van der Waals surface area contributed by atoms with E-state index >= 15 is 0 Å². The zero-order valence-corrected chi connectivity index (χ0v) is 16.0. The lowest BCUT2D eigenvalue weighted by atomic mass is 10.0. The van der Waals surface area contributed by atoms with Crippen molar-refractivity contribution in [3.63, 3.8) is 0 Å². The Morgan fingerprint density at radius 1 is 1.20 bits per heavy atom. The Kier molecular flexibility index (Phi) is 5.41. The highest BCUT2D eigenvalue weighted by atomic mass is 35.5. The van der Waals surface area contributed by atoms with Gasteiger partial charge in [0.2, 0.25) is 5.91 Å². The molecule has 1 N–H and O–H groups in total. The lowest BCUT2D eigenvalue weighted by molar-refractivity contribution is -0.121. The molecule has 7 heteroatoms. The number of rotatable bonds is 4. The molecule has 2 atom stereocenters. The van der Waals surface area contributed by atoms with Crippen molar-refractivity contribution in [1.82, 2.24) is 5.32 Å². The fourth-order valence-corrected chi connectivity index (χ4v) is 5.60. The van der Waals surface area contributed by atoms with Gasteiger partial charge in [0.05, 0.1) is 27.0 Å². The van der Waals surface area contributed by atoms with Crippen molar-refractivity contribution in [3.05, 3.63) is 59.1 Å². The van der Waals surface area contributed by atoms with Crippen LogP contribution in [-0.2, 0) is 14.6 Å². The highest BCUT2D eigenvalue weighted by Crippen LogP contribution is 2.33. The Balaban J connectivity index is 1.74. The third-order valence-electron chi connectivity index (χ3n) is 4.13. The van der Waals surface area contributed by atoms with Gasteiger partial charge in [0.15, 0.2) is 9.84 Å². The molecular formula is C18H18ClNO3S2. The molecule has 3 rings (SSSR count). The summed E-state index contributed by atoms with van der Waals surface area (Å²) < 4.78 is 24.4. The fraction of sp³-hybridized carbons (Fsp3) is 0.278. The Labute approximate surface area is 156 Å². The second kappa shape index (κ2) is 7.40. The molecule has 0 aliphatic carbocycles. The summed E-state index contributed by atoms with van der Waals surface area (Å²) in [6.07, 6.45) is 0.383. The van der Waals surface area contributed by atoms with Crippen molar-refractivity contribution in [1.29, 1.82) is 0 Å². The molecule has 0 bridgehead atoms. The van der Waals surface area contributed by atoms with Crippen molar-refractivity contribution in [2.24, 2.45) is 0 Å². The summed E-state index contributed by atoms with van der Waals surface area (Å²) >= 11 is 7.53. The van der Waals surface area contributed by atoms with Crippen molar-refractivity contribution in [3.8, 4) is 0 Å². The van der Waals surface area contributed by atoms with Gasteiger partial charge in [0.1, 0.15) is 0 Å². The topological polar surface area (TPSA) is 63.2 Å². The molecule has 2 aromatic carbocycles. The van der Waals surface area contributed by atoms with E-state index in [0.717, 1.165) is 4.90 Å². The van der Waals surface area contributed by atoms with Crippen molar-refractivity contribution >= 4 is 39.1 Å². The van der Waals surface area contributed by atoms with Gasteiger partial charge in [-0.1, -0.05) is 41.9 Å². The van der Waals surface area contributed by atoms with E-state index < -0.39 is 9.84 Å². The molecule has 0 spiro atoms. The summed E-state index contributed by atoms with van der Waals surface area (Å²) in [5.41, 5.74) is 0.664. The number of sulfone groups is 1. The number of amides is 1. The molecule has 1 aliphatic heterocycles. The Hall–Kier alpha value is -1.50. The third kappa shape index (κ3) is 4.02. The van der Waals surface area contributed by atoms with Crippen LogP contribution >= 0.6 is 23.4 Å². The van der Waals surface area contributed by atoms with E-state index in [4.69, 9.17) is 11.6 Å². The minimum Gasteiger partial charge on any atom is -0.348 e. The van der Waals surface area contributed by atoms with Gasteiger partial charge in [-0.15, -0.1) is 11.8 Å². The maximum atomic E-state index is 12.6. The first-order chi connectivity index (χ1) is 11.9. The number of carbonyl (C=O) groups is 1. The molecule has 0 saturated heterocycles. The van der Waals surface area contributed by atoms with Crippen LogP contribution in [-0.4, -0.2) is 25.3 Å². The first kappa shape index (κ1) is 18.3. The van der Waals surface area contributed by atoms with Crippen LogP contribution in [0.4, 0.5) is 0 Å². The van der Waals surface area contributed by atoms with E-state index in [0.29, 0.717) is 21.9 Å². The second-order valence-electron chi connectivity index (χ2n) is 5.90. The number of benzene rings is 2. The first-order valence-electron chi connectivity index (χ1n) is 7.92. The van der Waals surface area contributed by atoms with E-state index in [1.54, 1.807) is 30.3 Å². The zero-order chi connectivity index (χ0) is 18.0. The van der Waals surface area contributed by atoms with Crippen LogP contribution in [0.3, 0.4) is 0 Å². The van der Waals surface area contributed by atoms with Crippen molar-refractivity contribution in [2.75, 3.05) is 5.75 Å². The number of carbonyl (C=O) groups excluding carboxylic acids is 1. The summed E-state index contributed by atoms with van der Waals surface area (Å²) in [7, 11) is -3.26. The van der Waals surface area contributed by atoms with E-state index in [1.807, 2.05) is 25.1 Å². The first-order valence-corrected chi connectivity index (χ1v) is 10.8. The number of hydrogen-bond acceptors (Lipinski definition) is 4. The van der Waals surface area contributed by atoms with Crippen LogP contribution in [0.1, 0.15) is 24.9 Å². The van der Waals surface area contributed by atoms with Gasteiger partial charge < -0.3 is 5.32 Å². The van der Waals surface area contributed by atoms with Gasteiger partial charge >= 0.3 is 0 Å². The highest BCUT2D eigenvalue weighted by Gasteiger charge is 2.31. The molecule has 1 aliphatic rings. The number of nitrogens with one attached hydrogen (secondary N) is 1. The van der Waals surface area contributed by atoms with E-state index in [1.165, 1.54) is 11.8 Å². The second-order valence-corrected chi connectivity index (χ2v) is 9.76. The number of hydrogen-bond donors (Lipinski definition) is 1. The minimum absolute atomic E-state index is 0.0427. The summed E-state index contributed by atoms with van der Waals surface area (Å²) in [5, 5.41) is 3.26. The molecule has 0 radical (unpaired) electrons. The van der Waals surface area contributed by atoms with E-state index in [-0.39, 0.29) is 23.0 Å². The molecule has 4 nitrogen and oxygen atoms in total. The van der Waals surface area contributed by atoms with Crippen LogP contribution in [0.15, 0.2) is 58.3 Å². The average molecular weight is 396 g/mol. The Morgan fingerprint density at radius 3 is 2.64 bits per heavy atom. The van der Waals surface area contributed by atoms with Crippen molar-refractivity contribution < 1.29 is 13.2 Å². The molecule has 132 valence electrons. The summed E-state index contributed by atoms with van der Waals surface area (Å²) in [5.74, 6) is -0.0925. The fourth-order valence-electron chi connectivity index (χ4n) is 2.81. The third-order valence-corrected chi connectivity index (χ3v) is 7.57. The molecule has 0 aromatic heterocycles. The quantitative estimate of drug-likeness (QED) is 0.798. The van der Waals surface area contributed by atoms with Gasteiger partial charge in [-0.2, -0.15) is 0 Å². The molecular weight excluding hydrogens is 378 g/mol. The summed E-state index contributed by atoms with van der Waals surface area (Å²) in [4.78, 5) is 13.7. The number of fused-ring (bicyclic) bond motifs is 1. The number of halogens is 1. The molecule has 2 aromatic rings. The van der Waals surface area contributed by atoms with Gasteiger partial charge in [-0.3, -0.25) is 4.79 Å². The average Bonchev–Trinajstić information content (AvgIpc) is 2.59. The van der Waals surface area contributed by atoms with Crippen LogP contribution < -0.4 is 5.32 Å². The molecule has 1 amide bonds. The van der Waals surface area contributed by atoms with Crippen LogP contribution in [0.2, 0.25) is 5.02 Å². The highest BCUT2D eigenvalue weighted by molar-refractivity contribution is 8.00. The van der Waals surface area contributed by atoms with Crippen LogP contribution in [0, 0.1) is 0 Å². The zero-order valence-electron chi connectivity index (χ0n) is 13.6. The monoisotopic (exact) mass is 395 g/mol. The normalized spacial score (nSPS) is 19.7. The standard InChI is InChI=1S/C18H18ClNO3S2/c1-12(24-16-8-4-3-7-14(16)19)18(21)20-15-10-11-25(22,23)17-9-5-2-6-13(15)17/h2-9,12,15H,10-11H2,1H3,(H,20,21). The summed E-state index contributed by atoms with van der Waals surface area (Å²) in [6, 6.07) is 14.0. The smallest absolute Gasteiger partial charge is 0.233 e. The van der Waals surface area contributed by atoms with Gasteiger partial charge in [0.25, 0.3) is 0 Å². The maximum absolute atomic E-state index is 12.6. The largest absolute Gasteiger partial charge is 0.348 e. The molecule has 0 saturated carbocycles. The van der Waals surface area contributed by atoms with Crippen LogP contribution in [0.25, 0.3) is 0 Å². The SMILES string of the molecule is CC(Sc1ccccc1Cl)C(=O)NC1CCS(=O)(=O)c2ccccc21. The lowest BCUT2D eigenvalue weighted by Gasteiger charge is -2.27. The maximum Gasteiger partial charge on any atom is 0.233 e.